The number of cyclic esters (lactones) is 1. The summed E-state index contributed by atoms with van der Waals surface area (Å²) in [6.45, 7) is 0.306. The van der Waals surface area contributed by atoms with E-state index in [0.29, 0.717) is 13.0 Å². The molecule has 1 N–H and O–H groups in total. The van der Waals surface area contributed by atoms with Gasteiger partial charge in [0.15, 0.2) is 0 Å². The summed E-state index contributed by atoms with van der Waals surface area (Å²) in [6.07, 6.45) is 14.3. The summed E-state index contributed by atoms with van der Waals surface area (Å²) in [7, 11) is 0. The van der Waals surface area contributed by atoms with Crippen molar-refractivity contribution >= 4 is 5.97 Å². The number of aliphatic hydroxyl groups excluding tert-OH is 1. The molecule has 1 saturated heterocycles. The standard InChI is InChI=1S/C16H30O3/c17-14-10-6-2-4-8-12-15-11-7-3-1-5-9-13-16(18)19-15/h15,17H,1-14H2. The first-order valence-electron chi connectivity index (χ1n) is 8.13. The summed E-state index contributed by atoms with van der Waals surface area (Å²) in [4.78, 5) is 11.6. The van der Waals surface area contributed by atoms with Crippen molar-refractivity contribution in [3.63, 3.8) is 0 Å². The van der Waals surface area contributed by atoms with E-state index in [1.54, 1.807) is 0 Å². The molecule has 0 radical (unpaired) electrons. The lowest BCUT2D eigenvalue weighted by atomic mass is 10.0. The average molecular weight is 270 g/mol. The van der Waals surface area contributed by atoms with Gasteiger partial charge in [-0.15, -0.1) is 0 Å². The molecule has 0 aromatic rings. The number of rotatable bonds is 7. The highest BCUT2D eigenvalue weighted by Crippen LogP contribution is 2.19. The molecule has 1 aliphatic heterocycles. The Labute approximate surface area is 117 Å². The van der Waals surface area contributed by atoms with Gasteiger partial charge >= 0.3 is 5.97 Å². The van der Waals surface area contributed by atoms with Gasteiger partial charge in [0.2, 0.25) is 0 Å². The zero-order valence-corrected chi connectivity index (χ0v) is 12.2. The van der Waals surface area contributed by atoms with E-state index in [1.807, 2.05) is 0 Å². The van der Waals surface area contributed by atoms with Crippen molar-refractivity contribution in [3.8, 4) is 0 Å². The van der Waals surface area contributed by atoms with E-state index in [4.69, 9.17) is 9.84 Å². The maximum atomic E-state index is 11.6. The summed E-state index contributed by atoms with van der Waals surface area (Å²) in [5, 5.41) is 8.71. The molecule has 19 heavy (non-hydrogen) atoms. The molecule has 0 aromatic carbocycles. The van der Waals surface area contributed by atoms with Crippen LogP contribution in [0, 0.1) is 0 Å². The van der Waals surface area contributed by atoms with Crippen molar-refractivity contribution in [2.24, 2.45) is 0 Å². The maximum absolute atomic E-state index is 11.6. The molecule has 1 fully saturated rings. The number of esters is 1. The first-order valence-corrected chi connectivity index (χ1v) is 8.13. The van der Waals surface area contributed by atoms with Gasteiger partial charge in [-0.1, -0.05) is 38.5 Å². The Bertz CT molecular complexity index is 228. The van der Waals surface area contributed by atoms with Crippen LogP contribution in [0.3, 0.4) is 0 Å². The minimum atomic E-state index is 0.00665. The van der Waals surface area contributed by atoms with E-state index in [9.17, 15) is 4.79 Å². The van der Waals surface area contributed by atoms with Crippen LogP contribution in [0.15, 0.2) is 0 Å². The number of ether oxygens (including phenoxy) is 1. The molecular weight excluding hydrogens is 240 g/mol. The minimum Gasteiger partial charge on any atom is -0.462 e. The molecule has 1 heterocycles. The van der Waals surface area contributed by atoms with Gasteiger partial charge < -0.3 is 9.84 Å². The molecule has 0 saturated carbocycles. The Morgan fingerprint density at radius 1 is 0.947 bits per heavy atom. The van der Waals surface area contributed by atoms with Crippen molar-refractivity contribution in [2.75, 3.05) is 6.61 Å². The highest BCUT2D eigenvalue weighted by Gasteiger charge is 2.15. The quantitative estimate of drug-likeness (QED) is 0.562. The lowest BCUT2D eigenvalue weighted by Crippen LogP contribution is -2.19. The van der Waals surface area contributed by atoms with E-state index < -0.39 is 0 Å². The first-order chi connectivity index (χ1) is 9.33. The van der Waals surface area contributed by atoms with Crippen LogP contribution in [-0.2, 0) is 9.53 Å². The second-order valence-electron chi connectivity index (χ2n) is 5.70. The van der Waals surface area contributed by atoms with Crippen molar-refractivity contribution in [2.45, 2.75) is 89.6 Å². The maximum Gasteiger partial charge on any atom is 0.306 e. The Morgan fingerprint density at radius 2 is 1.63 bits per heavy atom. The normalized spacial score (nSPS) is 21.9. The number of hydrogen-bond donors (Lipinski definition) is 1. The second-order valence-corrected chi connectivity index (χ2v) is 5.70. The summed E-state index contributed by atoms with van der Waals surface area (Å²) in [5.41, 5.74) is 0. The fourth-order valence-corrected chi connectivity index (χ4v) is 2.69. The third-order valence-electron chi connectivity index (χ3n) is 3.89. The molecule has 0 spiro atoms. The van der Waals surface area contributed by atoms with Gasteiger partial charge in [-0.3, -0.25) is 4.79 Å². The van der Waals surface area contributed by atoms with Gasteiger partial charge in [-0.25, -0.2) is 0 Å². The fraction of sp³-hybridized carbons (Fsp3) is 0.938. The van der Waals surface area contributed by atoms with Gasteiger partial charge in [-0.05, 0) is 38.5 Å². The van der Waals surface area contributed by atoms with E-state index in [0.717, 1.165) is 38.5 Å². The predicted octanol–water partition coefficient (Wildman–Crippen LogP) is 3.98. The Balaban J connectivity index is 2.14. The molecule has 0 amide bonds. The van der Waals surface area contributed by atoms with Gasteiger partial charge in [0.05, 0.1) is 0 Å². The second kappa shape index (κ2) is 11.3. The minimum absolute atomic E-state index is 0.00665. The van der Waals surface area contributed by atoms with Crippen LogP contribution in [0.2, 0.25) is 0 Å². The number of unbranched alkanes of at least 4 members (excludes halogenated alkanes) is 4. The van der Waals surface area contributed by atoms with Crippen LogP contribution >= 0.6 is 0 Å². The molecule has 0 aliphatic carbocycles. The molecule has 1 unspecified atom stereocenters. The number of hydrogen-bond acceptors (Lipinski definition) is 3. The Morgan fingerprint density at radius 3 is 2.47 bits per heavy atom. The van der Waals surface area contributed by atoms with Crippen LogP contribution in [0.25, 0.3) is 0 Å². The Hall–Kier alpha value is -0.570. The lowest BCUT2D eigenvalue weighted by molar-refractivity contribution is -0.150. The zero-order valence-electron chi connectivity index (χ0n) is 12.2. The summed E-state index contributed by atoms with van der Waals surface area (Å²) < 4.78 is 5.58. The number of carbonyl (C=O) groups is 1. The third kappa shape index (κ3) is 9.04. The molecule has 1 rings (SSSR count). The molecule has 3 nitrogen and oxygen atoms in total. The van der Waals surface area contributed by atoms with Crippen LogP contribution in [0.4, 0.5) is 0 Å². The zero-order chi connectivity index (χ0) is 13.8. The predicted molar refractivity (Wildman–Crippen MR) is 77.0 cm³/mol. The highest BCUT2D eigenvalue weighted by atomic mass is 16.5. The monoisotopic (exact) mass is 270 g/mol. The SMILES string of the molecule is O=C1CCCCCCCC(CCCCCCCO)O1. The largest absolute Gasteiger partial charge is 0.462 e. The van der Waals surface area contributed by atoms with Crippen molar-refractivity contribution in [1.29, 1.82) is 0 Å². The van der Waals surface area contributed by atoms with Gasteiger partial charge in [0, 0.05) is 13.0 Å². The molecule has 1 aliphatic rings. The van der Waals surface area contributed by atoms with Crippen LogP contribution in [-0.4, -0.2) is 23.8 Å². The molecule has 112 valence electrons. The van der Waals surface area contributed by atoms with Gasteiger partial charge in [0.1, 0.15) is 6.10 Å². The van der Waals surface area contributed by atoms with Crippen molar-refractivity contribution in [3.05, 3.63) is 0 Å². The van der Waals surface area contributed by atoms with Crippen LogP contribution < -0.4 is 0 Å². The fourth-order valence-electron chi connectivity index (χ4n) is 2.69. The number of aliphatic hydroxyl groups is 1. The topological polar surface area (TPSA) is 46.5 Å². The van der Waals surface area contributed by atoms with E-state index in [1.165, 1.54) is 38.5 Å². The summed E-state index contributed by atoms with van der Waals surface area (Å²) in [6, 6.07) is 0. The smallest absolute Gasteiger partial charge is 0.306 e. The lowest BCUT2D eigenvalue weighted by Gasteiger charge is -2.19. The van der Waals surface area contributed by atoms with E-state index in [-0.39, 0.29) is 12.1 Å². The summed E-state index contributed by atoms with van der Waals surface area (Å²) in [5.74, 6) is 0.00665. The van der Waals surface area contributed by atoms with E-state index in [2.05, 4.69) is 0 Å². The molecule has 0 bridgehead atoms. The number of carbonyl (C=O) groups excluding carboxylic acids is 1. The van der Waals surface area contributed by atoms with E-state index >= 15 is 0 Å². The van der Waals surface area contributed by atoms with Crippen LogP contribution in [0.1, 0.15) is 83.5 Å². The van der Waals surface area contributed by atoms with Crippen LogP contribution in [0.5, 0.6) is 0 Å². The molecule has 1 atom stereocenters. The molecule has 0 aromatic heterocycles. The Kier molecular flexibility index (Phi) is 9.78. The van der Waals surface area contributed by atoms with Crippen molar-refractivity contribution < 1.29 is 14.6 Å². The summed E-state index contributed by atoms with van der Waals surface area (Å²) >= 11 is 0. The van der Waals surface area contributed by atoms with Gasteiger partial charge in [-0.2, -0.15) is 0 Å². The molecular formula is C16H30O3. The van der Waals surface area contributed by atoms with Gasteiger partial charge in [0.25, 0.3) is 0 Å². The first kappa shape index (κ1) is 16.5. The highest BCUT2D eigenvalue weighted by molar-refractivity contribution is 5.69. The van der Waals surface area contributed by atoms with Crippen molar-refractivity contribution in [1.82, 2.24) is 0 Å². The molecule has 3 heteroatoms. The third-order valence-corrected chi connectivity index (χ3v) is 3.89. The average Bonchev–Trinajstić information content (AvgIpc) is 2.41.